The van der Waals surface area contributed by atoms with Gasteiger partial charge in [0.2, 0.25) is 0 Å². The molecule has 0 fully saturated rings. The van der Waals surface area contributed by atoms with Crippen LogP contribution in [0.4, 0.5) is 8.78 Å². The molecular formula is C14H12F2N2O2. The summed E-state index contributed by atoms with van der Waals surface area (Å²) in [5, 5.41) is 11.5. The Morgan fingerprint density at radius 2 is 1.95 bits per heavy atom. The zero-order valence-electron chi connectivity index (χ0n) is 10.6. The van der Waals surface area contributed by atoms with Crippen molar-refractivity contribution >= 4 is 5.84 Å². The van der Waals surface area contributed by atoms with E-state index in [2.05, 4.69) is 5.16 Å². The number of rotatable bonds is 3. The van der Waals surface area contributed by atoms with Crippen molar-refractivity contribution in [1.82, 2.24) is 0 Å². The molecule has 0 unspecified atom stereocenters. The van der Waals surface area contributed by atoms with Gasteiger partial charge in [-0.1, -0.05) is 5.16 Å². The molecule has 104 valence electrons. The highest BCUT2D eigenvalue weighted by atomic mass is 19.1. The minimum Gasteiger partial charge on any atom is -0.454 e. The Labute approximate surface area is 114 Å². The molecule has 0 aliphatic rings. The molecule has 0 amide bonds. The molecule has 0 saturated heterocycles. The van der Waals surface area contributed by atoms with Crippen LogP contribution in [0.15, 0.2) is 41.6 Å². The number of hydrogen-bond acceptors (Lipinski definition) is 3. The van der Waals surface area contributed by atoms with Gasteiger partial charge in [-0.15, -0.1) is 0 Å². The first-order valence-corrected chi connectivity index (χ1v) is 5.72. The second-order valence-corrected chi connectivity index (χ2v) is 4.14. The lowest BCUT2D eigenvalue weighted by atomic mass is 10.1. The molecule has 0 radical (unpaired) electrons. The molecule has 2 aromatic carbocycles. The van der Waals surface area contributed by atoms with E-state index in [1.807, 2.05) is 0 Å². The highest BCUT2D eigenvalue weighted by Gasteiger charge is 2.09. The Morgan fingerprint density at radius 3 is 2.55 bits per heavy atom. The average Bonchev–Trinajstić information content (AvgIpc) is 2.41. The lowest BCUT2D eigenvalue weighted by Gasteiger charge is -2.09. The highest BCUT2D eigenvalue weighted by Crippen LogP contribution is 2.26. The maximum Gasteiger partial charge on any atom is 0.170 e. The number of ether oxygens (including phenoxy) is 1. The number of hydrogen-bond donors (Lipinski definition) is 2. The van der Waals surface area contributed by atoms with Crippen LogP contribution in [0.3, 0.4) is 0 Å². The van der Waals surface area contributed by atoms with Crippen LogP contribution < -0.4 is 10.5 Å². The number of oxime groups is 1. The van der Waals surface area contributed by atoms with Gasteiger partial charge in [0, 0.05) is 11.6 Å². The fourth-order valence-corrected chi connectivity index (χ4v) is 1.73. The van der Waals surface area contributed by atoms with Crippen molar-refractivity contribution in [2.24, 2.45) is 10.9 Å². The minimum absolute atomic E-state index is 0.0259. The molecule has 6 heteroatoms. The van der Waals surface area contributed by atoms with E-state index < -0.39 is 11.6 Å². The fourth-order valence-electron chi connectivity index (χ4n) is 1.73. The standard InChI is InChI=1S/C14H12F2N2O2/c1-8-6-10(3-4-11(8)14(17)18-19)20-13-5-2-9(15)7-12(13)16/h2-7,19H,1H3,(H2,17,18). The molecular weight excluding hydrogens is 266 g/mol. The molecule has 0 bridgehead atoms. The topological polar surface area (TPSA) is 67.8 Å². The largest absolute Gasteiger partial charge is 0.454 e. The molecule has 0 aliphatic heterocycles. The van der Waals surface area contributed by atoms with Gasteiger partial charge in [-0.2, -0.15) is 0 Å². The number of nitrogens with two attached hydrogens (primary N) is 1. The molecule has 0 saturated carbocycles. The van der Waals surface area contributed by atoms with Crippen LogP contribution in [-0.4, -0.2) is 11.0 Å². The summed E-state index contributed by atoms with van der Waals surface area (Å²) in [7, 11) is 0. The number of aryl methyl sites for hydroxylation is 1. The highest BCUT2D eigenvalue weighted by molar-refractivity contribution is 5.98. The van der Waals surface area contributed by atoms with E-state index in [9.17, 15) is 8.78 Å². The van der Waals surface area contributed by atoms with Gasteiger partial charge in [0.1, 0.15) is 11.6 Å². The monoisotopic (exact) mass is 278 g/mol. The number of nitrogens with zero attached hydrogens (tertiary/aromatic N) is 1. The van der Waals surface area contributed by atoms with Gasteiger partial charge in [-0.3, -0.25) is 0 Å². The Kier molecular flexibility index (Phi) is 3.84. The third kappa shape index (κ3) is 2.85. The van der Waals surface area contributed by atoms with Gasteiger partial charge in [0.15, 0.2) is 17.4 Å². The summed E-state index contributed by atoms with van der Waals surface area (Å²) in [4.78, 5) is 0. The van der Waals surface area contributed by atoms with Crippen molar-refractivity contribution in [1.29, 1.82) is 0 Å². The summed E-state index contributed by atoms with van der Waals surface area (Å²) in [5.41, 5.74) is 6.73. The Bertz CT molecular complexity index is 672. The number of amidine groups is 1. The Balaban J connectivity index is 2.29. The van der Waals surface area contributed by atoms with Gasteiger partial charge in [0.25, 0.3) is 0 Å². The van der Waals surface area contributed by atoms with Crippen LogP contribution in [0.2, 0.25) is 0 Å². The first-order chi connectivity index (χ1) is 9.51. The Morgan fingerprint density at radius 1 is 1.20 bits per heavy atom. The molecule has 2 aromatic rings. The van der Waals surface area contributed by atoms with Crippen LogP contribution in [0.25, 0.3) is 0 Å². The minimum atomic E-state index is -0.789. The summed E-state index contributed by atoms with van der Waals surface area (Å²) < 4.78 is 31.6. The average molecular weight is 278 g/mol. The summed E-state index contributed by atoms with van der Waals surface area (Å²) in [6, 6.07) is 7.79. The first kappa shape index (κ1) is 13.8. The second kappa shape index (κ2) is 5.56. The maximum absolute atomic E-state index is 13.5. The predicted molar refractivity (Wildman–Crippen MR) is 70.1 cm³/mol. The number of benzene rings is 2. The lowest BCUT2D eigenvalue weighted by Crippen LogP contribution is -2.14. The summed E-state index contributed by atoms with van der Waals surface area (Å²) in [6.07, 6.45) is 0. The summed E-state index contributed by atoms with van der Waals surface area (Å²) in [6.45, 7) is 1.74. The summed E-state index contributed by atoms with van der Waals surface area (Å²) in [5.74, 6) is -1.21. The van der Waals surface area contributed by atoms with Crippen molar-refractivity contribution in [2.45, 2.75) is 6.92 Å². The molecule has 0 spiro atoms. The zero-order chi connectivity index (χ0) is 14.7. The van der Waals surface area contributed by atoms with E-state index >= 15 is 0 Å². The third-order valence-electron chi connectivity index (χ3n) is 2.70. The smallest absolute Gasteiger partial charge is 0.170 e. The van der Waals surface area contributed by atoms with Crippen molar-refractivity contribution in [2.75, 3.05) is 0 Å². The van der Waals surface area contributed by atoms with E-state index in [0.717, 1.165) is 12.1 Å². The normalized spacial score (nSPS) is 11.4. The van der Waals surface area contributed by atoms with Gasteiger partial charge in [-0.05, 0) is 42.8 Å². The van der Waals surface area contributed by atoms with E-state index in [0.29, 0.717) is 16.9 Å². The van der Waals surface area contributed by atoms with Crippen molar-refractivity contribution in [3.63, 3.8) is 0 Å². The van der Waals surface area contributed by atoms with E-state index in [4.69, 9.17) is 15.7 Å². The van der Waals surface area contributed by atoms with Crippen molar-refractivity contribution in [3.05, 3.63) is 59.2 Å². The van der Waals surface area contributed by atoms with Gasteiger partial charge in [0.05, 0.1) is 0 Å². The van der Waals surface area contributed by atoms with E-state index in [1.54, 1.807) is 25.1 Å². The number of halogens is 2. The molecule has 4 nitrogen and oxygen atoms in total. The van der Waals surface area contributed by atoms with Crippen LogP contribution in [0.1, 0.15) is 11.1 Å². The van der Waals surface area contributed by atoms with Gasteiger partial charge < -0.3 is 15.7 Å². The quantitative estimate of drug-likeness (QED) is 0.392. The van der Waals surface area contributed by atoms with E-state index in [-0.39, 0.29) is 11.6 Å². The molecule has 3 N–H and O–H groups in total. The molecule has 20 heavy (non-hydrogen) atoms. The fraction of sp³-hybridized carbons (Fsp3) is 0.0714. The molecule has 0 aromatic heterocycles. The molecule has 2 rings (SSSR count). The zero-order valence-corrected chi connectivity index (χ0v) is 10.6. The maximum atomic E-state index is 13.5. The Hall–Kier alpha value is -2.63. The van der Waals surface area contributed by atoms with Crippen LogP contribution >= 0.6 is 0 Å². The second-order valence-electron chi connectivity index (χ2n) is 4.14. The van der Waals surface area contributed by atoms with Crippen LogP contribution in [0, 0.1) is 18.6 Å². The van der Waals surface area contributed by atoms with Gasteiger partial charge in [-0.25, -0.2) is 8.78 Å². The lowest BCUT2D eigenvalue weighted by molar-refractivity contribution is 0.318. The van der Waals surface area contributed by atoms with Crippen LogP contribution in [0.5, 0.6) is 11.5 Å². The molecule has 0 aliphatic carbocycles. The van der Waals surface area contributed by atoms with Crippen LogP contribution in [-0.2, 0) is 0 Å². The summed E-state index contributed by atoms with van der Waals surface area (Å²) >= 11 is 0. The van der Waals surface area contributed by atoms with Crippen molar-refractivity contribution < 1.29 is 18.7 Å². The SMILES string of the molecule is Cc1cc(Oc2ccc(F)cc2F)ccc1/C(N)=N/O. The molecule has 0 heterocycles. The molecule has 0 atom stereocenters. The third-order valence-corrected chi connectivity index (χ3v) is 2.70. The van der Waals surface area contributed by atoms with Crippen molar-refractivity contribution in [3.8, 4) is 11.5 Å². The van der Waals surface area contributed by atoms with Gasteiger partial charge >= 0.3 is 0 Å². The predicted octanol–water partition coefficient (Wildman–Crippen LogP) is 3.16. The first-order valence-electron chi connectivity index (χ1n) is 5.72. The van der Waals surface area contributed by atoms with E-state index in [1.165, 1.54) is 6.07 Å².